The summed E-state index contributed by atoms with van der Waals surface area (Å²) in [5, 5.41) is 2.83. The SMILES string of the molecule is COc1ccc(CC(=O)NCCOc2ccc3c(c2)CCC3)cc1S(=O)(=O)N1CCOCC1. The summed E-state index contributed by atoms with van der Waals surface area (Å²) in [6.07, 6.45) is 3.48. The molecule has 1 amide bonds. The molecular weight excluding hydrogens is 444 g/mol. The predicted molar refractivity (Wildman–Crippen MR) is 123 cm³/mol. The fourth-order valence-corrected chi connectivity index (χ4v) is 5.82. The lowest BCUT2D eigenvalue weighted by atomic mass is 10.1. The number of hydrogen-bond acceptors (Lipinski definition) is 6. The van der Waals surface area contributed by atoms with Crippen LogP contribution in [0.4, 0.5) is 0 Å². The van der Waals surface area contributed by atoms with Crippen LogP contribution in [-0.4, -0.2) is 65.2 Å². The molecule has 0 bridgehead atoms. The van der Waals surface area contributed by atoms with Crippen LogP contribution in [0.25, 0.3) is 0 Å². The molecular formula is C24H30N2O6S. The van der Waals surface area contributed by atoms with Crippen molar-refractivity contribution in [3.8, 4) is 11.5 Å². The van der Waals surface area contributed by atoms with Crippen molar-refractivity contribution in [2.45, 2.75) is 30.6 Å². The minimum atomic E-state index is -3.74. The second-order valence-electron chi connectivity index (χ2n) is 8.16. The first-order chi connectivity index (χ1) is 16.0. The average molecular weight is 475 g/mol. The molecule has 1 aliphatic carbocycles. The Balaban J connectivity index is 1.32. The summed E-state index contributed by atoms with van der Waals surface area (Å²) >= 11 is 0. The Labute approximate surface area is 194 Å². The summed E-state index contributed by atoms with van der Waals surface area (Å²) < 4.78 is 43.9. The van der Waals surface area contributed by atoms with Crippen LogP contribution >= 0.6 is 0 Å². The molecule has 33 heavy (non-hydrogen) atoms. The van der Waals surface area contributed by atoms with Gasteiger partial charge in [-0.3, -0.25) is 4.79 Å². The van der Waals surface area contributed by atoms with Crippen molar-refractivity contribution in [3.63, 3.8) is 0 Å². The Bertz CT molecular complexity index is 1100. The number of rotatable bonds is 9. The van der Waals surface area contributed by atoms with Crippen molar-refractivity contribution < 1.29 is 27.4 Å². The van der Waals surface area contributed by atoms with Crippen LogP contribution in [0.2, 0.25) is 0 Å². The quantitative estimate of drug-likeness (QED) is 0.559. The van der Waals surface area contributed by atoms with Gasteiger partial charge in [-0.2, -0.15) is 4.31 Å². The van der Waals surface area contributed by atoms with Crippen LogP contribution in [0.15, 0.2) is 41.3 Å². The van der Waals surface area contributed by atoms with Crippen molar-refractivity contribution >= 4 is 15.9 Å². The zero-order chi connectivity index (χ0) is 23.3. The van der Waals surface area contributed by atoms with Crippen LogP contribution in [0.1, 0.15) is 23.1 Å². The second kappa shape index (κ2) is 10.5. The highest BCUT2D eigenvalue weighted by Crippen LogP contribution is 2.29. The summed E-state index contributed by atoms with van der Waals surface area (Å²) in [6, 6.07) is 11.0. The van der Waals surface area contributed by atoms with Gasteiger partial charge in [0.2, 0.25) is 15.9 Å². The minimum Gasteiger partial charge on any atom is -0.495 e. The third kappa shape index (κ3) is 5.66. The summed E-state index contributed by atoms with van der Waals surface area (Å²) in [5.74, 6) is 0.874. The number of benzene rings is 2. The molecule has 8 nitrogen and oxygen atoms in total. The summed E-state index contributed by atoms with van der Waals surface area (Å²) in [4.78, 5) is 12.5. The van der Waals surface area contributed by atoms with E-state index in [1.54, 1.807) is 12.1 Å². The Hall–Kier alpha value is -2.62. The Morgan fingerprint density at radius 1 is 1.09 bits per heavy atom. The van der Waals surface area contributed by atoms with Crippen molar-refractivity contribution in [2.75, 3.05) is 46.6 Å². The molecule has 1 saturated heterocycles. The van der Waals surface area contributed by atoms with Gasteiger partial charge in [-0.1, -0.05) is 12.1 Å². The fraction of sp³-hybridized carbons (Fsp3) is 0.458. The highest BCUT2D eigenvalue weighted by Gasteiger charge is 2.29. The predicted octanol–water partition coefficient (Wildman–Crippen LogP) is 1.94. The van der Waals surface area contributed by atoms with Gasteiger partial charge in [-0.25, -0.2) is 8.42 Å². The van der Waals surface area contributed by atoms with Crippen LogP contribution in [0, 0.1) is 0 Å². The van der Waals surface area contributed by atoms with Crippen molar-refractivity contribution in [2.24, 2.45) is 0 Å². The number of aryl methyl sites for hydroxylation is 2. The van der Waals surface area contributed by atoms with E-state index in [4.69, 9.17) is 14.2 Å². The number of carbonyl (C=O) groups is 1. The lowest BCUT2D eigenvalue weighted by Crippen LogP contribution is -2.40. The van der Waals surface area contributed by atoms with E-state index >= 15 is 0 Å². The molecule has 1 N–H and O–H groups in total. The van der Waals surface area contributed by atoms with Gasteiger partial charge in [0.15, 0.2) is 0 Å². The van der Waals surface area contributed by atoms with Crippen molar-refractivity contribution in [1.29, 1.82) is 0 Å². The van der Waals surface area contributed by atoms with Gasteiger partial charge in [0.05, 0.1) is 33.3 Å². The van der Waals surface area contributed by atoms with Gasteiger partial charge in [-0.15, -0.1) is 0 Å². The number of ether oxygens (including phenoxy) is 3. The molecule has 1 fully saturated rings. The van der Waals surface area contributed by atoms with Gasteiger partial charge in [0.25, 0.3) is 0 Å². The standard InChI is InChI=1S/C24H30N2O6S/c1-30-22-8-5-18(15-23(22)33(28,29)26-10-13-31-14-11-26)16-24(27)25-9-12-32-21-7-6-19-3-2-4-20(19)17-21/h5-8,15,17H,2-4,9-14,16H2,1H3,(H,25,27). The maximum absolute atomic E-state index is 13.1. The average Bonchev–Trinajstić information content (AvgIpc) is 3.30. The fourth-order valence-electron chi connectivity index (χ4n) is 4.20. The number of sulfonamides is 1. The largest absolute Gasteiger partial charge is 0.495 e. The molecule has 0 saturated carbocycles. The molecule has 2 aliphatic rings. The van der Waals surface area contributed by atoms with Gasteiger partial charge < -0.3 is 19.5 Å². The minimum absolute atomic E-state index is 0.0640. The first kappa shape index (κ1) is 23.5. The lowest BCUT2D eigenvalue weighted by Gasteiger charge is -2.26. The number of nitrogens with zero attached hydrogens (tertiary/aromatic N) is 1. The zero-order valence-corrected chi connectivity index (χ0v) is 19.7. The Morgan fingerprint density at radius 2 is 1.88 bits per heavy atom. The van der Waals surface area contributed by atoms with Crippen LogP contribution in [0.5, 0.6) is 11.5 Å². The van der Waals surface area contributed by atoms with E-state index in [2.05, 4.69) is 17.4 Å². The third-order valence-electron chi connectivity index (χ3n) is 5.94. The number of fused-ring (bicyclic) bond motifs is 1. The highest BCUT2D eigenvalue weighted by atomic mass is 32.2. The number of methoxy groups -OCH3 is 1. The van der Waals surface area contributed by atoms with Gasteiger partial charge in [0, 0.05) is 13.1 Å². The first-order valence-corrected chi connectivity index (χ1v) is 12.7. The number of amides is 1. The van der Waals surface area contributed by atoms with E-state index in [0.29, 0.717) is 45.0 Å². The van der Waals surface area contributed by atoms with Crippen LogP contribution < -0.4 is 14.8 Å². The van der Waals surface area contributed by atoms with Crippen LogP contribution in [-0.2, 0) is 38.8 Å². The van der Waals surface area contributed by atoms with Crippen molar-refractivity contribution in [3.05, 3.63) is 53.1 Å². The molecule has 0 aromatic heterocycles. The monoisotopic (exact) mass is 474 g/mol. The molecule has 2 aromatic rings. The molecule has 0 atom stereocenters. The number of nitrogens with one attached hydrogen (secondary N) is 1. The molecule has 1 heterocycles. The molecule has 1 aliphatic heterocycles. The lowest BCUT2D eigenvalue weighted by molar-refractivity contribution is -0.120. The topological polar surface area (TPSA) is 94.2 Å². The van der Waals surface area contributed by atoms with Gasteiger partial charge >= 0.3 is 0 Å². The molecule has 0 radical (unpaired) electrons. The number of morpholine rings is 1. The van der Waals surface area contributed by atoms with E-state index in [0.717, 1.165) is 18.6 Å². The smallest absolute Gasteiger partial charge is 0.246 e. The third-order valence-corrected chi connectivity index (χ3v) is 7.86. The maximum Gasteiger partial charge on any atom is 0.246 e. The first-order valence-electron chi connectivity index (χ1n) is 11.2. The van der Waals surface area contributed by atoms with E-state index in [9.17, 15) is 13.2 Å². The highest BCUT2D eigenvalue weighted by molar-refractivity contribution is 7.89. The summed E-state index contributed by atoms with van der Waals surface area (Å²) in [5.41, 5.74) is 3.34. The molecule has 2 aromatic carbocycles. The molecule has 0 unspecified atom stereocenters. The van der Waals surface area contributed by atoms with E-state index in [1.165, 1.54) is 35.0 Å². The molecule has 0 spiro atoms. The normalized spacial score (nSPS) is 16.3. The molecule has 178 valence electrons. The second-order valence-corrected chi connectivity index (χ2v) is 10.1. The van der Waals surface area contributed by atoms with E-state index < -0.39 is 10.0 Å². The number of carbonyl (C=O) groups excluding carboxylic acids is 1. The molecule has 9 heteroatoms. The summed E-state index contributed by atoms with van der Waals surface area (Å²) in [7, 11) is -2.31. The Kier molecular flexibility index (Phi) is 7.52. The summed E-state index contributed by atoms with van der Waals surface area (Å²) in [6.45, 7) is 2.03. The van der Waals surface area contributed by atoms with E-state index in [-0.39, 0.29) is 23.0 Å². The van der Waals surface area contributed by atoms with Gasteiger partial charge in [0.1, 0.15) is 23.0 Å². The maximum atomic E-state index is 13.1. The number of hydrogen-bond donors (Lipinski definition) is 1. The Morgan fingerprint density at radius 3 is 2.67 bits per heavy atom. The zero-order valence-electron chi connectivity index (χ0n) is 18.8. The van der Waals surface area contributed by atoms with E-state index in [1.807, 2.05) is 6.07 Å². The van der Waals surface area contributed by atoms with Gasteiger partial charge in [-0.05, 0) is 60.2 Å². The van der Waals surface area contributed by atoms with Crippen LogP contribution in [0.3, 0.4) is 0 Å². The molecule has 4 rings (SSSR count). The van der Waals surface area contributed by atoms with Crippen molar-refractivity contribution in [1.82, 2.24) is 9.62 Å².